The second-order valence-corrected chi connectivity index (χ2v) is 6.71. The van der Waals surface area contributed by atoms with Crippen molar-refractivity contribution in [2.75, 3.05) is 0 Å². The fraction of sp³-hybridized carbons (Fsp3) is 0.400. The standard InChI is InChI=1S/C20H23NO4/c1-12-10-17(13(2)25-12)19(22)21-18(20(23)24)11-15-8-5-7-14-6-3-4-9-16(14)15/h3-4,6,9-10,15,18H,5,7-8,11H2,1-2H3,(H,21,22)(H,23,24). The number of hydrogen-bond acceptors (Lipinski definition) is 3. The summed E-state index contributed by atoms with van der Waals surface area (Å²) in [6.45, 7) is 3.46. The van der Waals surface area contributed by atoms with Gasteiger partial charge < -0.3 is 14.8 Å². The Kier molecular flexibility index (Phi) is 4.93. The lowest BCUT2D eigenvalue weighted by Gasteiger charge is -2.28. The van der Waals surface area contributed by atoms with Crippen LogP contribution in [-0.4, -0.2) is 23.0 Å². The van der Waals surface area contributed by atoms with Gasteiger partial charge in [-0.2, -0.15) is 0 Å². The maximum Gasteiger partial charge on any atom is 0.326 e. The molecule has 1 heterocycles. The van der Waals surface area contributed by atoms with Crippen LogP contribution in [-0.2, 0) is 11.2 Å². The van der Waals surface area contributed by atoms with Crippen LogP contribution in [0.3, 0.4) is 0 Å². The summed E-state index contributed by atoms with van der Waals surface area (Å²) in [5, 5.41) is 12.3. The molecule has 1 aliphatic carbocycles. The number of amides is 1. The van der Waals surface area contributed by atoms with Crippen molar-refractivity contribution in [2.24, 2.45) is 0 Å². The van der Waals surface area contributed by atoms with Crippen LogP contribution in [0.1, 0.15) is 58.2 Å². The van der Waals surface area contributed by atoms with Crippen LogP contribution in [0.4, 0.5) is 0 Å². The highest BCUT2D eigenvalue weighted by molar-refractivity contribution is 5.97. The van der Waals surface area contributed by atoms with Crippen molar-refractivity contribution in [3.8, 4) is 0 Å². The van der Waals surface area contributed by atoms with Crippen LogP contribution in [0.25, 0.3) is 0 Å². The topological polar surface area (TPSA) is 79.5 Å². The minimum absolute atomic E-state index is 0.151. The number of carboxylic acid groups (broad SMARTS) is 1. The molecule has 1 aromatic heterocycles. The van der Waals surface area contributed by atoms with E-state index in [0.29, 0.717) is 23.5 Å². The highest BCUT2D eigenvalue weighted by atomic mass is 16.4. The second kappa shape index (κ2) is 7.13. The number of fused-ring (bicyclic) bond motifs is 1. The SMILES string of the molecule is Cc1cc(C(=O)NC(CC2CCCc3ccccc32)C(=O)O)c(C)o1. The van der Waals surface area contributed by atoms with E-state index in [-0.39, 0.29) is 5.92 Å². The van der Waals surface area contributed by atoms with Crippen LogP contribution in [0, 0.1) is 13.8 Å². The van der Waals surface area contributed by atoms with Crippen molar-refractivity contribution < 1.29 is 19.1 Å². The van der Waals surface area contributed by atoms with E-state index in [0.717, 1.165) is 19.3 Å². The molecule has 2 unspecified atom stereocenters. The molecule has 0 fully saturated rings. The summed E-state index contributed by atoms with van der Waals surface area (Å²) in [6.07, 6.45) is 3.42. The van der Waals surface area contributed by atoms with Gasteiger partial charge in [-0.3, -0.25) is 4.79 Å². The first-order chi connectivity index (χ1) is 12.0. The molecule has 0 radical (unpaired) electrons. The molecule has 0 bridgehead atoms. The van der Waals surface area contributed by atoms with Crippen LogP contribution in [0.2, 0.25) is 0 Å². The number of aryl methyl sites for hydroxylation is 3. The van der Waals surface area contributed by atoms with Gasteiger partial charge in [0.25, 0.3) is 5.91 Å². The molecular formula is C20H23NO4. The largest absolute Gasteiger partial charge is 0.480 e. The summed E-state index contributed by atoms with van der Waals surface area (Å²) in [5.41, 5.74) is 2.90. The van der Waals surface area contributed by atoms with Gasteiger partial charge in [-0.05, 0) is 62.6 Å². The maximum absolute atomic E-state index is 12.4. The average Bonchev–Trinajstić information content (AvgIpc) is 2.93. The first-order valence-electron chi connectivity index (χ1n) is 8.64. The predicted octanol–water partition coefficient (Wildman–Crippen LogP) is 3.59. The van der Waals surface area contributed by atoms with Crippen LogP contribution in [0.15, 0.2) is 34.7 Å². The van der Waals surface area contributed by atoms with Crippen molar-refractivity contribution in [1.29, 1.82) is 0 Å². The van der Waals surface area contributed by atoms with Gasteiger partial charge in [0, 0.05) is 0 Å². The summed E-state index contributed by atoms with van der Waals surface area (Å²) >= 11 is 0. The van der Waals surface area contributed by atoms with Gasteiger partial charge in [0.15, 0.2) is 0 Å². The number of furan rings is 1. The van der Waals surface area contributed by atoms with E-state index >= 15 is 0 Å². The van der Waals surface area contributed by atoms with Gasteiger partial charge in [-0.25, -0.2) is 4.79 Å². The fourth-order valence-corrected chi connectivity index (χ4v) is 3.70. The van der Waals surface area contributed by atoms with Gasteiger partial charge in [-0.1, -0.05) is 24.3 Å². The first kappa shape index (κ1) is 17.3. The molecule has 3 rings (SSSR count). The Morgan fingerprint density at radius 1 is 1.32 bits per heavy atom. The van der Waals surface area contributed by atoms with Crippen molar-refractivity contribution in [3.63, 3.8) is 0 Å². The molecule has 0 saturated carbocycles. The Bertz CT molecular complexity index is 793. The highest BCUT2D eigenvalue weighted by Crippen LogP contribution is 2.34. The number of hydrogen-bond donors (Lipinski definition) is 2. The van der Waals surface area contributed by atoms with Crippen molar-refractivity contribution in [2.45, 2.75) is 51.5 Å². The van der Waals surface area contributed by atoms with Gasteiger partial charge >= 0.3 is 5.97 Å². The van der Waals surface area contributed by atoms with E-state index in [2.05, 4.69) is 17.4 Å². The third-order valence-corrected chi connectivity index (χ3v) is 4.90. The molecule has 0 saturated heterocycles. The smallest absolute Gasteiger partial charge is 0.326 e. The van der Waals surface area contributed by atoms with E-state index < -0.39 is 17.9 Å². The van der Waals surface area contributed by atoms with Crippen LogP contribution in [0.5, 0.6) is 0 Å². The molecule has 1 amide bonds. The highest BCUT2D eigenvalue weighted by Gasteiger charge is 2.29. The lowest BCUT2D eigenvalue weighted by molar-refractivity contribution is -0.139. The maximum atomic E-state index is 12.4. The van der Waals surface area contributed by atoms with Crippen molar-refractivity contribution in [1.82, 2.24) is 5.32 Å². The lowest BCUT2D eigenvalue weighted by Crippen LogP contribution is -2.42. The van der Waals surface area contributed by atoms with E-state index in [1.807, 2.05) is 12.1 Å². The molecule has 1 aromatic carbocycles. The summed E-state index contributed by atoms with van der Waals surface area (Å²) < 4.78 is 5.37. The Morgan fingerprint density at radius 3 is 2.76 bits per heavy atom. The molecule has 25 heavy (non-hydrogen) atoms. The summed E-state index contributed by atoms with van der Waals surface area (Å²) in [7, 11) is 0. The number of carboxylic acids is 1. The van der Waals surface area contributed by atoms with E-state index in [1.54, 1.807) is 19.9 Å². The van der Waals surface area contributed by atoms with E-state index in [9.17, 15) is 14.7 Å². The molecule has 5 heteroatoms. The average molecular weight is 341 g/mol. The van der Waals surface area contributed by atoms with Crippen LogP contribution >= 0.6 is 0 Å². The number of aliphatic carboxylic acids is 1. The minimum Gasteiger partial charge on any atom is -0.480 e. The zero-order chi connectivity index (χ0) is 18.0. The molecule has 0 aliphatic heterocycles. The Morgan fingerprint density at radius 2 is 2.08 bits per heavy atom. The summed E-state index contributed by atoms with van der Waals surface area (Å²) in [6, 6.07) is 8.90. The zero-order valence-electron chi connectivity index (χ0n) is 14.5. The van der Waals surface area contributed by atoms with Gasteiger partial charge in [-0.15, -0.1) is 0 Å². The number of carbonyl (C=O) groups is 2. The van der Waals surface area contributed by atoms with E-state index in [1.165, 1.54) is 11.1 Å². The molecule has 0 spiro atoms. The first-order valence-corrected chi connectivity index (χ1v) is 8.64. The summed E-state index contributed by atoms with van der Waals surface area (Å²) in [4.78, 5) is 24.2. The Labute approximate surface area is 147 Å². The number of carbonyl (C=O) groups excluding carboxylic acids is 1. The third-order valence-electron chi connectivity index (χ3n) is 4.90. The molecule has 2 atom stereocenters. The number of nitrogens with one attached hydrogen (secondary N) is 1. The van der Waals surface area contributed by atoms with Crippen molar-refractivity contribution >= 4 is 11.9 Å². The van der Waals surface area contributed by atoms with Gasteiger partial charge in [0.2, 0.25) is 0 Å². The minimum atomic E-state index is -1.01. The number of rotatable bonds is 5. The molecule has 5 nitrogen and oxygen atoms in total. The second-order valence-electron chi connectivity index (χ2n) is 6.71. The van der Waals surface area contributed by atoms with Gasteiger partial charge in [0.05, 0.1) is 5.56 Å². The molecule has 2 N–H and O–H groups in total. The van der Waals surface area contributed by atoms with Crippen LogP contribution < -0.4 is 5.32 Å². The monoisotopic (exact) mass is 341 g/mol. The Balaban J connectivity index is 1.76. The Hall–Kier alpha value is -2.56. The quantitative estimate of drug-likeness (QED) is 0.871. The fourth-order valence-electron chi connectivity index (χ4n) is 3.70. The normalized spacial score (nSPS) is 17.6. The molecule has 1 aliphatic rings. The van der Waals surface area contributed by atoms with Crippen molar-refractivity contribution in [3.05, 3.63) is 58.5 Å². The molecule has 132 valence electrons. The third kappa shape index (κ3) is 3.76. The van der Waals surface area contributed by atoms with Gasteiger partial charge in [0.1, 0.15) is 17.6 Å². The number of benzene rings is 1. The van der Waals surface area contributed by atoms with E-state index in [4.69, 9.17) is 4.42 Å². The lowest BCUT2D eigenvalue weighted by atomic mass is 9.79. The predicted molar refractivity (Wildman–Crippen MR) is 93.8 cm³/mol. The molecule has 2 aromatic rings. The summed E-state index contributed by atoms with van der Waals surface area (Å²) in [5.74, 6) is -0.114. The zero-order valence-corrected chi connectivity index (χ0v) is 14.5. The molecular weight excluding hydrogens is 318 g/mol.